The molecule has 6 heteroatoms. The highest BCUT2D eigenvalue weighted by Crippen LogP contribution is 2.33. The van der Waals surface area contributed by atoms with Crippen LogP contribution in [-0.2, 0) is 0 Å². The van der Waals surface area contributed by atoms with Crippen LogP contribution in [0.25, 0.3) is 10.8 Å². The number of benzene rings is 3. The van der Waals surface area contributed by atoms with Gasteiger partial charge in [-0.3, -0.25) is 4.79 Å². The molecular weight excluding hydrogens is 371 g/mol. The van der Waals surface area contributed by atoms with Crippen LogP contribution in [0.15, 0.2) is 53.6 Å². The largest absolute Gasteiger partial charge is 0.494 e. The molecule has 3 aromatic carbocycles. The number of carbonyl (C=O) groups excluding carboxylic acids is 1. The minimum atomic E-state index is -0.277. The Kier molecular flexibility index (Phi) is 5.45. The van der Waals surface area contributed by atoms with Crippen LogP contribution in [-0.4, -0.2) is 19.2 Å². The zero-order valence-corrected chi connectivity index (χ0v) is 15.7. The van der Waals surface area contributed by atoms with Gasteiger partial charge >= 0.3 is 0 Å². The van der Waals surface area contributed by atoms with E-state index in [4.69, 9.17) is 27.9 Å². The number of hydrogen-bond acceptors (Lipinski definition) is 3. The van der Waals surface area contributed by atoms with E-state index in [-0.39, 0.29) is 5.91 Å². The van der Waals surface area contributed by atoms with Crippen LogP contribution in [0, 0.1) is 6.92 Å². The molecule has 1 amide bonds. The molecule has 0 radical (unpaired) electrons. The van der Waals surface area contributed by atoms with Crippen LogP contribution in [0.4, 0.5) is 0 Å². The van der Waals surface area contributed by atoms with Gasteiger partial charge in [-0.1, -0.05) is 59.6 Å². The average molecular weight is 387 g/mol. The van der Waals surface area contributed by atoms with Gasteiger partial charge in [0, 0.05) is 0 Å². The predicted molar refractivity (Wildman–Crippen MR) is 107 cm³/mol. The van der Waals surface area contributed by atoms with Crippen molar-refractivity contribution in [1.29, 1.82) is 0 Å². The number of amides is 1. The van der Waals surface area contributed by atoms with E-state index in [2.05, 4.69) is 10.5 Å². The Bertz CT molecular complexity index is 993. The number of nitrogens with one attached hydrogen (secondary N) is 1. The molecule has 0 saturated heterocycles. The highest BCUT2D eigenvalue weighted by atomic mass is 35.5. The summed E-state index contributed by atoms with van der Waals surface area (Å²) in [5, 5.41) is 6.65. The molecule has 26 heavy (non-hydrogen) atoms. The van der Waals surface area contributed by atoms with E-state index in [1.807, 2.05) is 43.3 Å². The molecule has 0 aliphatic carbocycles. The van der Waals surface area contributed by atoms with Crippen molar-refractivity contribution in [2.24, 2.45) is 5.10 Å². The number of rotatable bonds is 4. The molecule has 0 saturated carbocycles. The molecule has 3 rings (SSSR count). The number of methoxy groups -OCH3 is 1. The maximum atomic E-state index is 12.6. The third-order valence-corrected chi connectivity index (χ3v) is 4.53. The van der Waals surface area contributed by atoms with Crippen LogP contribution in [0.5, 0.6) is 5.75 Å². The van der Waals surface area contributed by atoms with E-state index < -0.39 is 0 Å². The summed E-state index contributed by atoms with van der Waals surface area (Å²) in [6, 6.07) is 15.0. The number of halogens is 2. The van der Waals surface area contributed by atoms with Gasteiger partial charge in [-0.2, -0.15) is 5.10 Å². The summed E-state index contributed by atoms with van der Waals surface area (Å²) in [5.74, 6) is 0.127. The molecule has 0 aromatic heterocycles. The van der Waals surface area contributed by atoms with E-state index in [1.54, 1.807) is 12.1 Å². The molecule has 0 aliphatic rings. The Balaban J connectivity index is 1.84. The second kappa shape index (κ2) is 7.77. The summed E-state index contributed by atoms with van der Waals surface area (Å²) in [5.41, 5.74) is 4.69. The third kappa shape index (κ3) is 3.66. The number of hydrazone groups is 1. The zero-order valence-electron chi connectivity index (χ0n) is 14.2. The predicted octanol–water partition coefficient (Wildman–Crippen LogP) is 5.23. The third-order valence-electron chi connectivity index (χ3n) is 3.97. The van der Waals surface area contributed by atoms with Crippen molar-refractivity contribution in [2.75, 3.05) is 7.11 Å². The first kappa shape index (κ1) is 18.2. The van der Waals surface area contributed by atoms with E-state index in [1.165, 1.54) is 13.3 Å². The number of fused-ring (bicyclic) bond motifs is 1. The lowest BCUT2D eigenvalue weighted by atomic mass is 9.99. The number of ether oxygens (including phenoxy) is 1. The molecule has 3 aromatic rings. The summed E-state index contributed by atoms with van der Waals surface area (Å²) >= 11 is 12.2. The minimum Gasteiger partial charge on any atom is -0.494 e. The summed E-state index contributed by atoms with van der Waals surface area (Å²) in [6.45, 7) is 1.90. The summed E-state index contributed by atoms with van der Waals surface area (Å²) in [6.07, 6.45) is 1.48. The summed E-state index contributed by atoms with van der Waals surface area (Å²) < 4.78 is 5.11. The molecule has 0 atom stereocenters. The first-order chi connectivity index (χ1) is 12.5. The van der Waals surface area contributed by atoms with Crippen LogP contribution in [0.3, 0.4) is 0 Å². The summed E-state index contributed by atoms with van der Waals surface area (Å²) in [7, 11) is 1.49. The SMILES string of the molecule is COc1c(Cl)cc(/C=N\NC(=O)c2c(C)ccc3ccccc23)cc1Cl. The monoisotopic (exact) mass is 386 g/mol. The van der Waals surface area contributed by atoms with Crippen molar-refractivity contribution in [1.82, 2.24) is 5.43 Å². The van der Waals surface area contributed by atoms with E-state index in [9.17, 15) is 4.79 Å². The van der Waals surface area contributed by atoms with Crippen molar-refractivity contribution >= 4 is 46.1 Å². The van der Waals surface area contributed by atoms with E-state index >= 15 is 0 Å². The van der Waals surface area contributed by atoms with Gasteiger partial charge in [0.1, 0.15) is 0 Å². The zero-order chi connectivity index (χ0) is 18.7. The van der Waals surface area contributed by atoms with Gasteiger partial charge in [0.05, 0.1) is 28.9 Å². The number of carbonyl (C=O) groups is 1. The standard InChI is InChI=1S/C20H16Cl2N2O2/c1-12-7-8-14-5-3-4-6-15(14)18(12)20(25)24-23-11-13-9-16(21)19(26-2)17(22)10-13/h3-11H,1-2H3,(H,24,25)/b23-11-. The van der Waals surface area contributed by atoms with Crippen LogP contribution in [0.2, 0.25) is 10.0 Å². The van der Waals surface area contributed by atoms with Gasteiger partial charge in [0.2, 0.25) is 0 Å². The molecule has 4 nitrogen and oxygen atoms in total. The molecule has 0 heterocycles. The van der Waals surface area contributed by atoms with Gasteiger partial charge in [0.25, 0.3) is 5.91 Å². The lowest BCUT2D eigenvalue weighted by Crippen LogP contribution is -2.19. The average Bonchev–Trinajstić information content (AvgIpc) is 2.61. The smallest absolute Gasteiger partial charge is 0.272 e. The highest BCUT2D eigenvalue weighted by molar-refractivity contribution is 6.37. The number of nitrogens with zero attached hydrogens (tertiary/aromatic N) is 1. The van der Waals surface area contributed by atoms with Crippen molar-refractivity contribution in [3.63, 3.8) is 0 Å². The second-order valence-corrected chi connectivity index (χ2v) is 6.51. The van der Waals surface area contributed by atoms with Crippen LogP contribution in [0.1, 0.15) is 21.5 Å². The molecule has 0 bridgehead atoms. The van der Waals surface area contributed by atoms with E-state index in [0.29, 0.717) is 26.9 Å². The van der Waals surface area contributed by atoms with Gasteiger partial charge in [-0.05, 0) is 41.0 Å². The van der Waals surface area contributed by atoms with Gasteiger partial charge in [-0.15, -0.1) is 0 Å². The van der Waals surface area contributed by atoms with Crippen molar-refractivity contribution in [3.05, 3.63) is 75.3 Å². The first-order valence-electron chi connectivity index (χ1n) is 7.86. The maximum absolute atomic E-state index is 12.6. The summed E-state index contributed by atoms with van der Waals surface area (Å²) in [4.78, 5) is 12.6. The normalized spacial score (nSPS) is 11.1. The maximum Gasteiger partial charge on any atom is 0.272 e. The van der Waals surface area contributed by atoms with Crippen LogP contribution >= 0.6 is 23.2 Å². The van der Waals surface area contributed by atoms with Gasteiger partial charge < -0.3 is 4.74 Å². The minimum absolute atomic E-state index is 0.277. The Hall–Kier alpha value is -2.56. The number of aryl methyl sites for hydroxylation is 1. The fourth-order valence-electron chi connectivity index (χ4n) is 2.75. The first-order valence-corrected chi connectivity index (χ1v) is 8.61. The second-order valence-electron chi connectivity index (χ2n) is 5.70. The molecule has 0 unspecified atom stereocenters. The Labute approximate surface area is 161 Å². The lowest BCUT2D eigenvalue weighted by molar-refractivity contribution is 0.0956. The van der Waals surface area contributed by atoms with Crippen molar-refractivity contribution in [3.8, 4) is 5.75 Å². The Morgan fingerprint density at radius 1 is 1.12 bits per heavy atom. The number of hydrogen-bond donors (Lipinski definition) is 1. The van der Waals surface area contributed by atoms with Gasteiger partial charge in [-0.25, -0.2) is 5.43 Å². The Morgan fingerprint density at radius 3 is 2.50 bits per heavy atom. The molecule has 0 aliphatic heterocycles. The lowest BCUT2D eigenvalue weighted by Gasteiger charge is -2.09. The fraction of sp³-hybridized carbons (Fsp3) is 0.100. The molecule has 0 spiro atoms. The topological polar surface area (TPSA) is 50.7 Å². The fourth-order valence-corrected chi connectivity index (χ4v) is 3.41. The van der Waals surface area contributed by atoms with Crippen molar-refractivity contribution in [2.45, 2.75) is 6.92 Å². The molecular formula is C20H16Cl2N2O2. The highest BCUT2D eigenvalue weighted by Gasteiger charge is 2.12. The van der Waals surface area contributed by atoms with Gasteiger partial charge in [0.15, 0.2) is 5.75 Å². The Morgan fingerprint density at radius 2 is 1.81 bits per heavy atom. The van der Waals surface area contributed by atoms with Crippen LogP contribution < -0.4 is 10.2 Å². The molecule has 132 valence electrons. The molecule has 1 N–H and O–H groups in total. The van der Waals surface area contributed by atoms with E-state index in [0.717, 1.165) is 16.3 Å². The quantitative estimate of drug-likeness (QED) is 0.493. The van der Waals surface area contributed by atoms with Crippen molar-refractivity contribution < 1.29 is 9.53 Å². The molecule has 0 fully saturated rings.